The number of hydrazone groups is 2. The number of carbonyl (C=O) groups excluding carboxylic acids is 1. The van der Waals surface area contributed by atoms with Gasteiger partial charge in [-0.15, -0.1) is 0 Å². The van der Waals surface area contributed by atoms with Gasteiger partial charge in [-0.25, -0.2) is 3.15 Å². The highest BCUT2D eigenvalue weighted by atomic mass is 127. The van der Waals surface area contributed by atoms with E-state index in [-0.39, 0.29) is 17.9 Å². The number of rotatable bonds is 16. The number of hydrogen-bond acceptors (Lipinski definition) is 8. The van der Waals surface area contributed by atoms with Gasteiger partial charge < -0.3 is 20.6 Å². The van der Waals surface area contributed by atoms with Gasteiger partial charge in [-0.2, -0.15) is 10.2 Å². The van der Waals surface area contributed by atoms with E-state index in [2.05, 4.69) is 64.3 Å². The van der Waals surface area contributed by atoms with Crippen LogP contribution in [0.25, 0.3) is 0 Å². The summed E-state index contributed by atoms with van der Waals surface area (Å²) in [5.41, 5.74) is 5.91. The molecule has 39 heavy (non-hydrogen) atoms. The quantitative estimate of drug-likeness (QED) is 0.0653. The summed E-state index contributed by atoms with van der Waals surface area (Å²) in [6, 6.07) is 6.40. The maximum Gasteiger partial charge on any atom is 0.201 e. The minimum absolute atomic E-state index is 0.0161. The topological polar surface area (TPSA) is 102 Å². The summed E-state index contributed by atoms with van der Waals surface area (Å²) >= 11 is -0.627. The molecule has 1 aromatic rings. The summed E-state index contributed by atoms with van der Waals surface area (Å²) in [5.74, 6) is 0.350. The number of allylic oxidation sites excluding steroid dienone is 2. The first-order chi connectivity index (χ1) is 18.9. The van der Waals surface area contributed by atoms with E-state index in [0.717, 1.165) is 38.6 Å². The number of aryl methyl sites for hydroxylation is 2. The highest BCUT2D eigenvalue weighted by Gasteiger charge is 2.14. The van der Waals surface area contributed by atoms with Gasteiger partial charge in [0.2, 0.25) is 5.78 Å². The summed E-state index contributed by atoms with van der Waals surface area (Å²) < 4.78 is 11.8. The Morgan fingerprint density at radius 2 is 2.15 bits per heavy atom. The molecular formula is C30H47IN6O2. The van der Waals surface area contributed by atoms with Crippen molar-refractivity contribution in [2.45, 2.75) is 91.7 Å². The lowest BCUT2D eigenvalue weighted by molar-refractivity contribution is -0.109. The summed E-state index contributed by atoms with van der Waals surface area (Å²) in [4.78, 5) is 12.4. The van der Waals surface area contributed by atoms with Crippen LogP contribution in [-0.4, -0.2) is 54.7 Å². The van der Waals surface area contributed by atoms with E-state index in [0.29, 0.717) is 24.3 Å². The second-order valence-electron chi connectivity index (χ2n) is 9.02. The molecule has 2 atom stereocenters. The zero-order valence-corrected chi connectivity index (χ0v) is 26.7. The number of carbonyl (C=O) groups is 1. The Kier molecular flexibility index (Phi) is 17.8. The van der Waals surface area contributed by atoms with Crippen LogP contribution in [0.2, 0.25) is 0 Å². The minimum Gasteiger partial charge on any atom is -0.487 e. The maximum atomic E-state index is 12.4. The van der Waals surface area contributed by atoms with E-state index >= 15 is 0 Å². The van der Waals surface area contributed by atoms with Crippen LogP contribution in [0.15, 0.2) is 56.2 Å². The van der Waals surface area contributed by atoms with Crippen molar-refractivity contribution in [1.29, 1.82) is 5.41 Å². The van der Waals surface area contributed by atoms with E-state index in [1.807, 2.05) is 32.1 Å². The molecule has 1 aromatic carbocycles. The van der Waals surface area contributed by atoms with Gasteiger partial charge in [-0.1, -0.05) is 53.2 Å². The van der Waals surface area contributed by atoms with Crippen LogP contribution in [-0.2, 0) is 16.0 Å². The highest BCUT2D eigenvalue weighted by molar-refractivity contribution is 14.2. The van der Waals surface area contributed by atoms with Crippen molar-refractivity contribution >= 4 is 45.0 Å². The van der Waals surface area contributed by atoms with Crippen molar-refractivity contribution in [3.63, 3.8) is 0 Å². The molecule has 8 nitrogen and oxygen atoms in total. The van der Waals surface area contributed by atoms with Crippen LogP contribution in [0.5, 0.6) is 0 Å². The Bertz CT molecular complexity index is 1030. The van der Waals surface area contributed by atoms with E-state index in [1.165, 1.54) is 27.0 Å². The first-order valence-electron chi connectivity index (χ1n) is 13.9. The summed E-state index contributed by atoms with van der Waals surface area (Å²) in [6.45, 7) is 14.8. The molecule has 0 aliphatic carbocycles. The van der Waals surface area contributed by atoms with Crippen molar-refractivity contribution in [3.8, 4) is 0 Å². The fourth-order valence-electron chi connectivity index (χ4n) is 3.68. The van der Waals surface area contributed by atoms with Crippen molar-refractivity contribution in [1.82, 2.24) is 10.4 Å². The number of unbranched alkanes of at least 4 members (excludes halogenated alkanes) is 1. The Balaban J connectivity index is 0.00000371. The monoisotopic (exact) mass is 650 g/mol. The van der Waals surface area contributed by atoms with E-state index in [9.17, 15) is 4.79 Å². The average Bonchev–Trinajstić information content (AvgIpc) is 2.97. The van der Waals surface area contributed by atoms with Crippen molar-refractivity contribution < 1.29 is 9.53 Å². The smallest absolute Gasteiger partial charge is 0.201 e. The minimum atomic E-state index is -0.627. The molecule has 0 radical (unpaired) electrons. The molecule has 0 amide bonds. The molecule has 216 valence electrons. The molecule has 1 aliphatic heterocycles. The van der Waals surface area contributed by atoms with Gasteiger partial charge in [0.05, 0.1) is 24.6 Å². The lowest BCUT2D eigenvalue weighted by atomic mass is 10.0. The van der Waals surface area contributed by atoms with Crippen LogP contribution in [0.1, 0.15) is 77.3 Å². The number of halogens is 1. The molecule has 2 N–H and O–H groups in total. The molecule has 0 saturated heterocycles. The molecule has 2 rings (SSSR count). The molecule has 1 heterocycles. The van der Waals surface area contributed by atoms with Gasteiger partial charge in [0.1, 0.15) is 5.71 Å². The van der Waals surface area contributed by atoms with Crippen LogP contribution in [0, 0.1) is 15.9 Å². The van der Waals surface area contributed by atoms with Gasteiger partial charge >= 0.3 is 0 Å². The SMILES string of the molecule is C=CC(=O)/C(CCc1cc(I=N/C=C(\C=N)OC(CC)CCCC)ccc1C)=N\NC1C=NN(C)CC1.CC. The van der Waals surface area contributed by atoms with E-state index < -0.39 is 21.0 Å². The maximum absolute atomic E-state index is 12.4. The first-order valence-corrected chi connectivity index (χ1v) is 16.0. The predicted octanol–water partition coefficient (Wildman–Crippen LogP) is 7.14. The van der Waals surface area contributed by atoms with Crippen molar-refractivity contribution in [2.24, 2.45) is 13.3 Å². The van der Waals surface area contributed by atoms with Crippen LogP contribution < -0.4 is 5.43 Å². The molecule has 9 heteroatoms. The van der Waals surface area contributed by atoms with Gasteiger partial charge in [0.25, 0.3) is 0 Å². The second kappa shape index (κ2) is 20.2. The van der Waals surface area contributed by atoms with Gasteiger partial charge in [0, 0.05) is 44.4 Å². The number of nitrogens with one attached hydrogen (secondary N) is 2. The molecule has 0 spiro atoms. The standard InChI is InChI=1S/C28H41IN6O2.C2H6/c1-6-9-10-25(7-2)37-26(18-30)20-31-29-23-13-11-21(4)22(17-23)12-14-27(28(36)8-3)34-33-24-15-16-35(5)32-19-24;1-2/h8,11,13,17-20,24-25,30,33H,3,6-7,9-10,12,14-16H2,1-2,4-5H3;1-2H3/b26-20+,30-18?,34-27-;. The number of benzene rings is 1. The number of ketones is 1. The van der Waals surface area contributed by atoms with Crippen LogP contribution >= 0.6 is 21.0 Å². The van der Waals surface area contributed by atoms with Crippen molar-refractivity contribution in [3.05, 3.63) is 57.5 Å². The zero-order chi connectivity index (χ0) is 29.0. The third kappa shape index (κ3) is 13.3. The molecule has 1 aliphatic rings. The average molecular weight is 651 g/mol. The van der Waals surface area contributed by atoms with Crippen LogP contribution in [0.4, 0.5) is 0 Å². The van der Waals surface area contributed by atoms with E-state index in [1.54, 1.807) is 6.20 Å². The van der Waals surface area contributed by atoms with Gasteiger partial charge in [-0.3, -0.25) is 4.79 Å². The number of ether oxygens (including phenoxy) is 1. The Morgan fingerprint density at radius 3 is 2.77 bits per heavy atom. The van der Waals surface area contributed by atoms with Gasteiger partial charge in [0.15, 0.2) is 5.76 Å². The van der Waals surface area contributed by atoms with Crippen LogP contribution in [0.3, 0.4) is 0 Å². The summed E-state index contributed by atoms with van der Waals surface area (Å²) in [5, 5.41) is 18.3. The Hall–Kier alpha value is -2.69. The van der Waals surface area contributed by atoms with Crippen molar-refractivity contribution in [2.75, 3.05) is 13.6 Å². The molecule has 0 bridgehead atoms. The largest absolute Gasteiger partial charge is 0.487 e. The third-order valence-corrected chi connectivity index (χ3v) is 7.87. The normalized spacial score (nSPS) is 16.6. The molecular weight excluding hydrogens is 603 g/mol. The summed E-state index contributed by atoms with van der Waals surface area (Å²) in [7, 11) is 1.93. The third-order valence-electron chi connectivity index (χ3n) is 6.09. The zero-order valence-electron chi connectivity index (χ0n) is 24.5. The number of nitrogens with zero attached hydrogens (tertiary/aromatic N) is 4. The predicted molar refractivity (Wildman–Crippen MR) is 173 cm³/mol. The highest BCUT2D eigenvalue weighted by Crippen LogP contribution is 2.21. The number of hydrogen-bond donors (Lipinski definition) is 2. The lowest BCUT2D eigenvalue weighted by Crippen LogP contribution is -2.36. The Labute approximate surface area is 245 Å². The van der Waals surface area contributed by atoms with Gasteiger partial charge in [-0.05, 0) is 68.4 Å². The van der Waals surface area contributed by atoms with E-state index in [4.69, 9.17) is 10.1 Å². The molecule has 2 unspecified atom stereocenters. The molecule has 0 aromatic heterocycles. The Morgan fingerprint density at radius 1 is 1.38 bits per heavy atom. The molecule has 0 fully saturated rings. The summed E-state index contributed by atoms with van der Waals surface area (Å²) in [6.07, 6.45) is 12.5. The second-order valence-corrected chi connectivity index (χ2v) is 11.3. The lowest BCUT2D eigenvalue weighted by Gasteiger charge is -2.22. The molecule has 0 saturated carbocycles. The first kappa shape index (κ1) is 34.3. The fraction of sp³-hybridized carbons (Fsp3) is 0.533. The fourth-order valence-corrected chi connectivity index (χ4v) is 5.27.